The van der Waals surface area contributed by atoms with E-state index in [2.05, 4.69) is 15.9 Å². The molecule has 1 aromatic rings. The number of benzene rings is 1. The van der Waals surface area contributed by atoms with Crippen molar-refractivity contribution < 1.29 is 14.3 Å². The Morgan fingerprint density at radius 2 is 2.12 bits per heavy atom. The van der Waals surface area contributed by atoms with Crippen molar-refractivity contribution in [3.05, 3.63) is 22.7 Å². The van der Waals surface area contributed by atoms with E-state index in [1.165, 1.54) is 4.90 Å². The van der Waals surface area contributed by atoms with Gasteiger partial charge in [0.2, 0.25) is 5.91 Å². The highest BCUT2D eigenvalue weighted by Crippen LogP contribution is 2.38. The van der Waals surface area contributed by atoms with Gasteiger partial charge in [0.1, 0.15) is 12.3 Å². The lowest BCUT2D eigenvalue weighted by atomic mass is 9.98. The standard InChI is InChI=1S/C17H20BrN3O3.ClH/c18-11-2-4-14-15(5-11)24-9-17(23)21(14)8-16(22)20-6-10-1-3-13(19)12(10)7-20;/h2,4-5,10,12-13H,1,3,6-9,19H2;1H. The van der Waals surface area contributed by atoms with Crippen molar-refractivity contribution in [1.82, 2.24) is 4.90 Å². The number of anilines is 1. The summed E-state index contributed by atoms with van der Waals surface area (Å²) in [6.07, 6.45) is 2.16. The Morgan fingerprint density at radius 3 is 2.88 bits per heavy atom. The van der Waals surface area contributed by atoms with Crippen molar-refractivity contribution in [2.24, 2.45) is 17.6 Å². The van der Waals surface area contributed by atoms with Crippen molar-refractivity contribution in [2.75, 3.05) is 31.1 Å². The van der Waals surface area contributed by atoms with E-state index in [0.29, 0.717) is 23.3 Å². The van der Waals surface area contributed by atoms with Crippen LogP contribution in [0, 0.1) is 11.8 Å². The van der Waals surface area contributed by atoms with Gasteiger partial charge in [-0.15, -0.1) is 12.4 Å². The van der Waals surface area contributed by atoms with Gasteiger partial charge in [0.25, 0.3) is 5.91 Å². The van der Waals surface area contributed by atoms with Crippen LogP contribution in [0.2, 0.25) is 0 Å². The van der Waals surface area contributed by atoms with Gasteiger partial charge < -0.3 is 15.4 Å². The van der Waals surface area contributed by atoms with Gasteiger partial charge in [-0.05, 0) is 42.9 Å². The first-order chi connectivity index (χ1) is 11.5. The fraction of sp³-hybridized carbons (Fsp3) is 0.529. The van der Waals surface area contributed by atoms with Crippen molar-refractivity contribution in [2.45, 2.75) is 18.9 Å². The maximum atomic E-state index is 12.7. The van der Waals surface area contributed by atoms with Crippen LogP contribution in [-0.4, -0.2) is 49.0 Å². The number of nitrogens with two attached hydrogens (primary N) is 1. The molecule has 4 rings (SSSR count). The van der Waals surface area contributed by atoms with Gasteiger partial charge >= 0.3 is 0 Å². The minimum Gasteiger partial charge on any atom is -0.482 e. The number of likely N-dealkylation sites (tertiary alicyclic amines) is 1. The summed E-state index contributed by atoms with van der Waals surface area (Å²) in [5.74, 6) is 1.36. The summed E-state index contributed by atoms with van der Waals surface area (Å²) >= 11 is 3.39. The molecule has 2 N–H and O–H groups in total. The summed E-state index contributed by atoms with van der Waals surface area (Å²) in [6.45, 7) is 1.51. The van der Waals surface area contributed by atoms with Crippen LogP contribution in [-0.2, 0) is 9.59 Å². The zero-order valence-corrected chi connectivity index (χ0v) is 16.1. The first kappa shape index (κ1) is 18.5. The second-order valence-electron chi connectivity index (χ2n) is 6.84. The summed E-state index contributed by atoms with van der Waals surface area (Å²) in [4.78, 5) is 28.4. The van der Waals surface area contributed by atoms with E-state index >= 15 is 0 Å². The smallest absolute Gasteiger partial charge is 0.265 e. The van der Waals surface area contributed by atoms with Gasteiger partial charge in [-0.2, -0.15) is 0 Å². The molecule has 2 fully saturated rings. The van der Waals surface area contributed by atoms with E-state index in [1.54, 1.807) is 6.07 Å². The number of ether oxygens (including phenoxy) is 1. The molecule has 136 valence electrons. The Kier molecular flexibility index (Phi) is 5.27. The third-order valence-corrected chi connectivity index (χ3v) is 5.92. The van der Waals surface area contributed by atoms with Crippen molar-refractivity contribution in [3.63, 3.8) is 0 Å². The second-order valence-corrected chi connectivity index (χ2v) is 7.76. The molecule has 3 aliphatic rings. The molecule has 0 aromatic heterocycles. The molecule has 6 nitrogen and oxygen atoms in total. The SMILES string of the molecule is Cl.NC1CCC2CN(C(=O)CN3C(=O)COc4cc(Br)ccc43)CC12. The minimum absolute atomic E-state index is 0. The molecule has 1 saturated carbocycles. The average Bonchev–Trinajstić information content (AvgIpc) is 3.12. The highest BCUT2D eigenvalue weighted by molar-refractivity contribution is 9.10. The van der Waals surface area contributed by atoms with Crippen LogP contribution < -0.4 is 15.4 Å². The zero-order chi connectivity index (χ0) is 16.8. The number of carbonyl (C=O) groups is 2. The van der Waals surface area contributed by atoms with Crippen LogP contribution in [0.4, 0.5) is 5.69 Å². The van der Waals surface area contributed by atoms with Gasteiger partial charge in [-0.1, -0.05) is 15.9 Å². The van der Waals surface area contributed by atoms with Crippen molar-refractivity contribution in [1.29, 1.82) is 0 Å². The lowest BCUT2D eigenvalue weighted by Gasteiger charge is -2.30. The van der Waals surface area contributed by atoms with Crippen LogP contribution >= 0.6 is 28.3 Å². The molecule has 0 bridgehead atoms. The molecule has 1 aromatic carbocycles. The van der Waals surface area contributed by atoms with Gasteiger partial charge in [0.15, 0.2) is 6.61 Å². The number of hydrogen-bond acceptors (Lipinski definition) is 4. The Balaban J connectivity index is 0.00000182. The third-order valence-electron chi connectivity index (χ3n) is 5.42. The molecule has 2 heterocycles. The number of amides is 2. The predicted molar refractivity (Wildman–Crippen MR) is 100 cm³/mol. The molecule has 1 saturated heterocycles. The Hall–Kier alpha value is -1.31. The summed E-state index contributed by atoms with van der Waals surface area (Å²) < 4.78 is 6.34. The molecule has 1 aliphatic carbocycles. The first-order valence-electron chi connectivity index (χ1n) is 8.29. The summed E-state index contributed by atoms with van der Waals surface area (Å²) in [5, 5.41) is 0. The van der Waals surface area contributed by atoms with E-state index in [0.717, 1.165) is 30.4 Å². The van der Waals surface area contributed by atoms with Gasteiger partial charge in [0.05, 0.1) is 5.69 Å². The monoisotopic (exact) mass is 429 g/mol. The number of hydrogen-bond donors (Lipinski definition) is 1. The topological polar surface area (TPSA) is 75.9 Å². The maximum Gasteiger partial charge on any atom is 0.265 e. The lowest BCUT2D eigenvalue weighted by Crippen LogP contribution is -2.46. The zero-order valence-electron chi connectivity index (χ0n) is 13.7. The molecular weight excluding hydrogens is 410 g/mol. The average molecular weight is 431 g/mol. The molecule has 8 heteroatoms. The highest BCUT2D eigenvalue weighted by atomic mass is 79.9. The number of nitrogens with zero attached hydrogens (tertiary/aromatic N) is 2. The normalized spacial score (nSPS) is 27.4. The molecule has 2 aliphatic heterocycles. The first-order valence-corrected chi connectivity index (χ1v) is 9.08. The molecule has 0 spiro atoms. The van der Waals surface area contributed by atoms with Crippen LogP contribution in [0.1, 0.15) is 12.8 Å². The molecule has 2 amide bonds. The van der Waals surface area contributed by atoms with E-state index in [1.807, 2.05) is 17.0 Å². The van der Waals surface area contributed by atoms with E-state index < -0.39 is 0 Å². The van der Waals surface area contributed by atoms with Crippen LogP contribution in [0.5, 0.6) is 5.75 Å². The van der Waals surface area contributed by atoms with E-state index in [-0.39, 0.29) is 43.4 Å². The summed E-state index contributed by atoms with van der Waals surface area (Å²) in [5.41, 5.74) is 6.79. The Morgan fingerprint density at radius 1 is 1.32 bits per heavy atom. The number of carbonyl (C=O) groups excluding carboxylic acids is 2. The Bertz CT molecular complexity index is 702. The molecule has 25 heavy (non-hydrogen) atoms. The van der Waals surface area contributed by atoms with Gasteiger partial charge in [-0.3, -0.25) is 14.5 Å². The van der Waals surface area contributed by atoms with Crippen LogP contribution in [0.15, 0.2) is 22.7 Å². The van der Waals surface area contributed by atoms with Gasteiger partial charge in [-0.25, -0.2) is 0 Å². The maximum absolute atomic E-state index is 12.7. The highest BCUT2D eigenvalue weighted by Gasteiger charge is 2.43. The van der Waals surface area contributed by atoms with Crippen molar-refractivity contribution in [3.8, 4) is 5.75 Å². The van der Waals surface area contributed by atoms with E-state index in [9.17, 15) is 9.59 Å². The minimum atomic E-state index is -0.186. The van der Waals surface area contributed by atoms with E-state index in [4.69, 9.17) is 10.5 Å². The summed E-state index contributed by atoms with van der Waals surface area (Å²) in [7, 11) is 0. The lowest BCUT2D eigenvalue weighted by molar-refractivity contribution is -0.131. The third kappa shape index (κ3) is 3.37. The van der Waals surface area contributed by atoms with Crippen LogP contribution in [0.25, 0.3) is 0 Å². The number of rotatable bonds is 2. The second kappa shape index (κ2) is 7.13. The molecule has 0 radical (unpaired) electrons. The summed E-state index contributed by atoms with van der Waals surface area (Å²) in [6, 6.07) is 5.67. The van der Waals surface area contributed by atoms with Gasteiger partial charge in [0, 0.05) is 23.6 Å². The fourth-order valence-corrected chi connectivity index (χ4v) is 4.44. The molecular formula is C17H21BrClN3O3. The molecule has 3 unspecified atom stereocenters. The fourth-order valence-electron chi connectivity index (χ4n) is 4.10. The van der Waals surface area contributed by atoms with Crippen LogP contribution in [0.3, 0.4) is 0 Å². The van der Waals surface area contributed by atoms with Crippen molar-refractivity contribution >= 4 is 45.8 Å². The Labute approximate surface area is 161 Å². The molecule has 3 atom stereocenters. The number of halogens is 2. The quantitative estimate of drug-likeness (QED) is 0.776. The predicted octanol–water partition coefficient (Wildman–Crippen LogP) is 1.79. The number of fused-ring (bicyclic) bond motifs is 2. The largest absolute Gasteiger partial charge is 0.482 e.